The summed E-state index contributed by atoms with van der Waals surface area (Å²) in [6, 6.07) is 3.79. The smallest absolute Gasteiger partial charge is 0.369 e. The van der Waals surface area contributed by atoms with Gasteiger partial charge in [0.05, 0.1) is 11.3 Å². The molecule has 6 heteroatoms. The zero-order chi connectivity index (χ0) is 14.5. The van der Waals surface area contributed by atoms with E-state index in [9.17, 15) is 13.2 Å². The van der Waals surface area contributed by atoms with Gasteiger partial charge in [-0.05, 0) is 47.6 Å². The lowest BCUT2D eigenvalue weighted by Crippen LogP contribution is -2.31. The Morgan fingerprint density at radius 3 is 2.42 bits per heavy atom. The molecular weight excluding hydrogens is 321 g/mol. The third kappa shape index (κ3) is 4.69. The molecule has 0 aromatic heterocycles. The summed E-state index contributed by atoms with van der Waals surface area (Å²) in [5.41, 5.74) is 0.165. The summed E-state index contributed by atoms with van der Waals surface area (Å²) in [5.74, 6) is 0. The van der Waals surface area contributed by atoms with Gasteiger partial charge < -0.3 is 10.2 Å². The molecule has 2 nitrogen and oxygen atoms in total. The molecule has 0 saturated heterocycles. The van der Waals surface area contributed by atoms with Crippen LogP contribution in [0, 0.1) is 0 Å². The van der Waals surface area contributed by atoms with Gasteiger partial charge in [0.15, 0.2) is 0 Å². The summed E-state index contributed by atoms with van der Waals surface area (Å²) in [6.07, 6.45) is -3.36. The first-order valence-electron chi connectivity index (χ1n) is 6.16. The van der Waals surface area contributed by atoms with Crippen molar-refractivity contribution in [3.8, 4) is 0 Å². The molecular formula is C13H18BrF3N2. The number of anilines is 1. The van der Waals surface area contributed by atoms with Gasteiger partial charge in [-0.15, -0.1) is 0 Å². The molecule has 0 aliphatic rings. The molecule has 108 valence electrons. The molecule has 0 spiro atoms. The summed E-state index contributed by atoms with van der Waals surface area (Å²) >= 11 is 3.24. The van der Waals surface area contributed by atoms with Crippen LogP contribution in [-0.4, -0.2) is 26.7 Å². The summed E-state index contributed by atoms with van der Waals surface area (Å²) in [5, 5.41) is 3.04. The number of nitrogens with zero attached hydrogens (tertiary/aromatic N) is 1. The average molecular weight is 339 g/mol. The van der Waals surface area contributed by atoms with Crippen LogP contribution in [0.1, 0.15) is 18.9 Å². The van der Waals surface area contributed by atoms with E-state index in [2.05, 4.69) is 26.1 Å². The Kier molecular flexibility index (Phi) is 6.13. The molecule has 0 unspecified atom stereocenters. The first-order valence-corrected chi connectivity index (χ1v) is 6.95. The maximum atomic E-state index is 12.6. The summed E-state index contributed by atoms with van der Waals surface area (Å²) in [7, 11) is 1.85. The topological polar surface area (TPSA) is 15.3 Å². The van der Waals surface area contributed by atoms with E-state index in [1.54, 1.807) is 0 Å². The molecule has 0 saturated carbocycles. The van der Waals surface area contributed by atoms with Crippen molar-refractivity contribution < 1.29 is 13.2 Å². The fourth-order valence-corrected chi connectivity index (χ4v) is 2.44. The summed E-state index contributed by atoms with van der Waals surface area (Å²) in [4.78, 5) is 2.07. The maximum absolute atomic E-state index is 12.6. The van der Waals surface area contributed by atoms with Crippen LogP contribution in [0.25, 0.3) is 0 Å². The van der Waals surface area contributed by atoms with E-state index >= 15 is 0 Å². The zero-order valence-electron chi connectivity index (χ0n) is 11.0. The first kappa shape index (κ1) is 16.3. The molecule has 0 atom stereocenters. The molecule has 1 N–H and O–H groups in total. The lowest BCUT2D eigenvalue weighted by Gasteiger charge is -2.26. The molecule has 19 heavy (non-hydrogen) atoms. The Bertz CT molecular complexity index is 407. The van der Waals surface area contributed by atoms with Crippen LogP contribution in [0.5, 0.6) is 0 Å². The number of hydrogen-bond acceptors (Lipinski definition) is 2. The SMILES string of the molecule is CCCN(CCNC)c1ccc(C(F)(F)F)cc1Br. The number of hydrogen-bond donors (Lipinski definition) is 1. The van der Waals surface area contributed by atoms with E-state index in [1.165, 1.54) is 6.07 Å². The number of rotatable bonds is 6. The highest BCUT2D eigenvalue weighted by molar-refractivity contribution is 9.10. The molecule has 0 amide bonds. The molecule has 0 aliphatic heterocycles. The van der Waals surface area contributed by atoms with E-state index in [4.69, 9.17) is 0 Å². The Balaban J connectivity index is 2.97. The van der Waals surface area contributed by atoms with E-state index < -0.39 is 11.7 Å². The second-order valence-corrected chi connectivity index (χ2v) is 5.11. The van der Waals surface area contributed by atoms with Gasteiger partial charge in [-0.2, -0.15) is 13.2 Å². The molecule has 0 heterocycles. The van der Waals surface area contributed by atoms with Crippen molar-refractivity contribution in [2.24, 2.45) is 0 Å². The minimum absolute atomic E-state index is 0.479. The highest BCUT2D eigenvalue weighted by atomic mass is 79.9. The van der Waals surface area contributed by atoms with Crippen molar-refractivity contribution in [2.75, 3.05) is 31.6 Å². The Labute approximate surface area is 120 Å². The number of nitrogens with one attached hydrogen (secondary N) is 1. The lowest BCUT2D eigenvalue weighted by atomic mass is 10.2. The molecule has 0 radical (unpaired) electrons. The van der Waals surface area contributed by atoms with Crippen LogP contribution in [0.4, 0.5) is 18.9 Å². The molecule has 1 rings (SSSR count). The fraction of sp³-hybridized carbons (Fsp3) is 0.538. The molecule has 1 aromatic carbocycles. The first-order chi connectivity index (χ1) is 8.90. The van der Waals surface area contributed by atoms with Crippen molar-refractivity contribution in [1.29, 1.82) is 0 Å². The molecule has 0 bridgehead atoms. The maximum Gasteiger partial charge on any atom is 0.416 e. The predicted octanol–water partition coefficient (Wildman–Crippen LogP) is 3.90. The normalized spacial score (nSPS) is 11.7. The molecule has 1 aromatic rings. The number of halogens is 4. The minimum atomic E-state index is -4.30. The van der Waals surface area contributed by atoms with Crippen molar-refractivity contribution in [3.63, 3.8) is 0 Å². The van der Waals surface area contributed by atoms with Gasteiger partial charge >= 0.3 is 6.18 Å². The van der Waals surface area contributed by atoms with Crippen LogP contribution in [0.3, 0.4) is 0 Å². The molecule has 0 aliphatic carbocycles. The minimum Gasteiger partial charge on any atom is -0.369 e. The van der Waals surface area contributed by atoms with E-state index in [1.807, 2.05) is 14.0 Å². The van der Waals surface area contributed by atoms with Crippen LogP contribution in [0.2, 0.25) is 0 Å². The van der Waals surface area contributed by atoms with Crippen molar-refractivity contribution in [3.05, 3.63) is 28.2 Å². The van der Waals surface area contributed by atoms with Gasteiger partial charge in [-0.1, -0.05) is 6.92 Å². The Hall–Kier alpha value is -0.750. The number of benzene rings is 1. The molecule has 0 fully saturated rings. The van der Waals surface area contributed by atoms with Gasteiger partial charge in [-0.25, -0.2) is 0 Å². The van der Waals surface area contributed by atoms with E-state index in [0.29, 0.717) is 4.47 Å². The fourth-order valence-electron chi connectivity index (χ4n) is 1.81. The lowest BCUT2D eigenvalue weighted by molar-refractivity contribution is -0.137. The van der Waals surface area contributed by atoms with E-state index in [-0.39, 0.29) is 0 Å². The van der Waals surface area contributed by atoms with Crippen molar-refractivity contribution in [2.45, 2.75) is 19.5 Å². The average Bonchev–Trinajstić information content (AvgIpc) is 2.33. The largest absolute Gasteiger partial charge is 0.416 e. The second kappa shape index (κ2) is 7.14. The quantitative estimate of drug-likeness (QED) is 0.846. The van der Waals surface area contributed by atoms with Crippen LogP contribution >= 0.6 is 15.9 Å². The standard InChI is InChI=1S/C13H18BrF3N2/c1-3-7-19(8-6-18-2)12-5-4-10(9-11(12)14)13(15,16)17/h4-5,9,18H,3,6-8H2,1-2H3. The highest BCUT2D eigenvalue weighted by Gasteiger charge is 2.31. The predicted molar refractivity (Wildman–Crippen MR) is 75.6 cm³/mol. The van der Waals surface area contributed by atoms with Gasteiger partial charge in [0.2, 0.25) is 0 Å². The van der Waals surface area contributed by atoms with Gasteiger partial charge in [-0.3, -0.25) is 0 Å². The van der Waals surface area contributed by atoms with Crippen LogP contribution in [-0.2, 0) is 6.18 Å². The van der Waals surface area contributed by atoms with Crippen molar-refractivity contribution >= 4 is 21.6 Å². The summed E-state index contributed by atoms with van der Waals surface area (Å²) in [6.45, 7) is 4.40. The number of alkyl halides is 3. The van der Waals surface area contributed by atoms with Crippen molar-refractivity contribution in [1.82, 2.24) is 5.32 Å². The monoisotopic (exact) mass is 338 g/mol. The van der Waals surface area contributed by atoms with Gasteiger partial charge in [0.1, 0.15) is 0 Å². The summed E-state index contributed by atoms with van der Waals surface area (Å²) < 4.78 is 38.3. The van der Waals surface area contributed by atoms with Crippen LogP contribution < -0.4 is 10.2 Å². The highest BCUT2D eigenvalue weighted by Crippen LogP contribution is 2.35. The van der Waals surface area contributed by atoms with Crippen LogP contribution in [0.15, 0.2) is 22.7 Å². The second-order valence-electron chi connectivity index (χ2n) is 4.25. The number of likely N-dealkylation sites (N-methyl/N-ethyl adjacent to an activating group) is 1. The Morgan fingerprint density at radius 2 is 1.95 bits per heavy atom. The third-order valence-electron chi connectivity index (χ3n) is 2.74. The Morgan fingerprint density at radius 1 is 1.26 bits per heavy atom. The van der Waals surface area contributed by atoms with Gasteiger partial charge in [0, 0.05) is 24.1 Å². The van der Waals surface area contributed by atoms with E-state index in [0.717, 1.165) is 43.9 Å². The van der Waals surface area contributed by atoms with Gasteiger partial charge in [0.25, 0.3) is 0 Å². The third-order valence-corrected chi connectivity index (χ3v) is 3.38. The zero-order valence-corrected chi connectivity index (χ0v) is 12.6.